The van der Waals surface area contributed by atoms with Gasteiger partial charge in [0.05, 0.1) is 0 Å². The number of aliphatic imine (C=N–C) groups is 1. The molecule has 1 heterocycles. The third-order valence-corrected chi connectivity index (χ3v) is 3.38. The normalized spacial score (nSPS) is 24.4. The molecule has 0 unspecified atom stereocenters. The van der Waals surface area contributed by atoms with Crippen molar-refractivity contribution in [2.75, 3.05) is 26.7 Å². The van der Waals surface area contributed by atoms with E-state index in [1.165, 1.54) is 0 Å². The van der Waals surface area contributed by atoms with Gasteiger partial charge in [0, 0.05) is 26.7 Å². The molecule has 0 bridgehead atoms. The second-order valence-corrected chi connectivity index (χ2v) is 4.66. The van der Waals surface area contributed by atoms with E-state index in [9.17, 15) is 4.39 Å². The van der Waals surface area contributed by atoms with Crippen LogP contribution in [-0.4, -0.2) is 43.2 Å². The summed E-state index contributed by atoms with van der Waals surface area (Å²) < 4.78 is 13.7. The third kappa shape index (κ3) is 2.61. The molecular formula is C11H20FN3. The van der Waals surface area contributed by atoms with Gasteiger partial charge in [-0.25, -0.2) is 4.39 Å². The number of guanidine groups is 1. The average Bonchev–Trinajstić information content (AvgIpc) is 2.18. The van der Waals surface area contributed by atoms with Crippen LogP contribution < -0.4 is 5.32 Å². The fourth-order valence-corrected chi connectivity index (χ4v) is 2.12. The van der Waals surface area contributed by atoms with Crippen LogP contribution in [0, 0.1) is 0 Å². The lowest BCUT2D eigenvalue weighted by Crippen LogP contribution is -2.44. The van der Waals surface area contributed by atoms with Crippen LogP contribution >= 0.6 is 0 Å². The zero-order valence-corrected chi connectivity index (χ0v) is 9.43. The van der Waals surface area contributed by atoms with Gasteiger partial charge in [0.15, 0.2) is 5.96 Å². The van der Waals surface area contributed by atoms with Crippen LogP contribution in [0.2, 0.25) is 0 Å². The first-order chi connectivity index (χ1) is 7.20. The molecule has 86 valence electrons. The standard InChI is InChI=1S/C11H20FN3/c1-15-9-3-7-13-10(15)14-8-6-11(12)4-2-5-11/h2-9H2,1H3,(H,13,14). The first kappa shape index (κ1) is 10.7. The summed E-state index contributed by atoms with van der Waals surface area (Å²) >= 11 is 0. The van der Waals surface area contributed by atoms with Gasteiger partial charge in [-0.05, 0) is 32.1 Å². The molecule has 15 heavy (non-hydrogen) atoms. The third-order valence-electron chi connectivity index (χ3n) is 3.38. The number of nitrogens with one attached hydrogen (secondary N) is 1. The first-order valence-corrected chi connectivity index (χ1v) is 5.88. The van der Waals surface area contributed by atoms with Crippen LogP contribution in [-0.2, 0) is 0 Å². The van der Waals surface area contributed by atoms with Gasteiger partial charge in [-0.3, -0.25) is 4.99 Å². The number of alkyl halides is 1. The summed E-state index contributed by atoms with van der Waals surface area (Å²) in [6.07, 6.45) is 4.29. The average molecular weight is 213 g/mol. The molecule has 0 atom stereocenters. The molecule has 0 saturated heterocycles. The number of rotatable bonds is 3. The molecule has 3 nitrogen and oxygen atoms in total. The molecule has 0 amide bonds. The van der Waals surface area contributed by atoms with Crippen molar-refractivity contribution in [2.45, 2.75) is 37.8 Å². The highest BCUT2D eigenvalue weighted by molar-refractivity contribution is 5.80. The highest BCUT2D eigenvalue weighted by Crippen LogP contribution is 2.38. The molecule has 4 heteroatoms. The number of hydrogen-bond donors (Lipinski definition) is 1. The Balaban J connectivity index is 1.70. The van der Waals surface area contributed by atoms with E-state index in [2.05, 4.69) is 15.2 Å². The van der Waals surface area contributed by atoms with Crippen molar-refractivity contribution >= 4 is 5.96 Å². The predicted molar refractivity (Wildman–Crippen MR) is 59.9 cm³/mol. The Hall–Kier alpha value is -0.800. The summed E-state index contributed by atoms with van der Waals surface area (Å²) in [7, 11) is 2.03. The Bertz CT molecular complexity index is 248. The van der Waals surface area contributed by atoms with Gasteiger partial charge >= 0.3 is 0 Å². The fraction of sp³-hybridized carbons (Fsp3) is 0.909. The molecule has 2 rings (SSSR count). The van der Waals surface area contributed by atoms with Gasteiger partial charge in [-0.15, -0.1) is 0 Å². The summed E-state index contributed by atoms with van der Waals surface area (Å²) in [5.74, 6) is 0.934. The Morgan fingerprint density at radius 1 is 1.47 bits per heavy atom. The molecule has 0 aromatic heterocycles. The molecular weight excluding hydrogens is 193 g/mol. The number of nitrogens with zero attached hydrogens (tertiary/aromatic N) is 2. The summed E-state index contributed by atoms with van der Waals surface area (Å²) in [6, 6.07) is 0. The number of hydrogen-bond acceptors (Lipinski definition) is 3. The SMILES string of the molecule is CN1CCCN=C1NCCC1(F)CCC1. The van der Waals surface area contributed by atoms with Crippen molar-refractivity contribution in [1.82, 2.24) is 10.2 Å². The molecule has 1 aliphatic carbocycles. The quantitative estimate of drug-likeness (QED) is 0.770. The van der Waals surface area contributed by atoms with Crippen LogP contribution in [0.4, 0.5) is 4.39 Å². The minimum Gasteiger partial charge on any atom is -0.356 e. The van der Waals surface area contributed by atoms with Crippen molar-refractivity contribution in [2.24, 2.45) is 4.99 Å². The van der Waals surface area contributed by atoms with Gasteiger partial charge in [-0.1, -0.05) is 0 Å². The molecule has 1 saturated carbocycles. The fourth-order valence-electron chi connectivity index (χ4n) is 2.12. The lowest BCUT2D eigenvalue weighted by molar-refractivity contribution is 0.0552. The van der Waals surface area contributed by atoms with E-state index in [0.29, 0.717) is 13.0 Å². The zero-order chi connectivity index (χ0) is 10.7. The maximum atomic E-state index is 13.7. The lowest BCUT2D eigenvalue weighted by atomic mass is 9.80. The predicted octanol–water partition coefficient (Wildman–Crippen LogP) is 1.55. The van der Waals surface area contributed by atoms with E-state index in [1.54, 1.807) is 0 Å². The summed E-state index contributed by atoms with van der Waals surface area (Å²) in [5.41, 5.74) is -0.874. The highest BCUT2D eigenvalue weighted by atomic mass is 19.1. The van der Waals surface area contributed by atoms with Crippen LogP contribution in [0.3, 0.4) is 0 Å². The minimum atomic E-state index is -0.874. The summed E-state index contributed by atoms with van der Waals surface area (Å²) in [4.78, 5) is 6.49. The second kappa shape index (κ2) is 4.37. The molecule has 1 fully saturated rings. The Labute approximate surface area is 90.7 Å². The van der Waals surface area contributed by atoms with Crippen molar-refractivity contribution in [3.63, 3.8) is 0 Å². The smallest absolute Gasteiger partial charge is 0.193 e. The van der Waals surface area contributed by atoms with E-state index in [4.69, 9.17) is 0 Å². The zero-order valence-electron chi connectivity index (χ0n) is 9.43. The van der Waals surface area contributed by atoms with Gasteiger partial charge in [-0.2, -0.15) is 0 Å². The molecule has 0 aromatic rings. The maximum absolute atomic E-state index is 13.7. The first-order valence-electron chi connectivity index (χ1n) is 5.88. The van der Waals surface area contributed by atoms with Gasteiger partial charge in [0.25, 0.3) is 0 Å². The van der Waals surface area contributed by atoms with Crippen LogP contribution in [0.15, 0.2) is 4.99 Å². The van der Waals surface area contributed by atoms with Crippen molar-refractivity contribution in [1.29, 1.82) is 0 Å². The molecule has 1 aliphatic heterocycles. The van der Waals surface area contributed by atoms with E-state index in [1.807, 2.05) is 7.05 Å². The summed E-state index contributed by atoms with van der Waals surface area (Å²) in [5, 5.41) is 3.23. The van der Waals surface area contributed by atoms with Crippen molar-refractivity contribution in [3.8, 4) is 0 Å². The minimum absolute atomic E-state index is 0.625. The van der Waals surface area contributed by atoms with Gasteiger partial charge < -0.3 is 10.2 Å². The van der Waals surface area contributed by atoms with E-state index in [0.717, 1.165) is 44.7 Å². The second-order valence-electron chi connectivity index (χ2n) is 4.66. The Morgan fingerprint density at radius 2 is 2.27 bits per heavy atom. The van der Waals surface area contributed by atoms with E-state index < -0.39 is 5.67 Å². The van der Waals surface area contributed by atoms with Crippen LogP contribution in [0.1, 0.15) is 32.1 Å². The van der Waals surface area contributed by atoms with Crippen LogP contribution in [0.25, 0.3) is 0 Å². The van der Waals surface area contributed by atoms with E-state index in [-0.39, 0.29) is 0 Å². The highest BCUT2D eigenvalue weighted by Gasteiger charge is 2.36. The largest absolute Gasteiger partial charge is 0.356 e. The van der Waals surface area contributed by atoms with Gasteiger partial charge in [0.2, 0.25) is 0 Å². The Morgan fingerprint density at radius 3 is 2.87 bits per heavy atom. The van der Waals surface area contributed by atoms with Crippen molar-refractivity contribution in [3.05, 3.63) is 0 Å². The topological polar surface area (TPSA) is 27.6 Å². The van der Waals surface area contributed by atoms with E-state index >= 15 is 0 Å². The Kier molecular flexibility index (Phi) is 3.12. The molecule has 0 aromatic carbocycles. The molecule has 2 aliphatic rings. The molecule has 0 spiro atoms. The monoisotopic (exact) mass is 213 g/mol. The summed E-state index contributed by atoms with van der Waals surface area (Å²) in [6.45, 7) is 2.65. The molecule has 1 N–H and O–H groups in total. The van der Waals surface area contributed by atoms with Crippen molar-refractivity contribution < 1.29 is 4.39 Å². The van der Waals surface area contributed by atoms with Gasteiger partial charge in [0.1, 0.15) is 5.67 Å². The maximum Gasteiger partial charge on any atom is 0.193 e. The molecule has 0 radical (unpaired) electrons. The number of halogens is 1. The van der Waals surface area contributed by atoms with Crippen LogP contribution in [0.5, 0.6) is 0 Å². The lowest BCUT2D eigenvalue weighted by Gasteiger charge is -2.34.